The molecule has 1 heterocycles. The second kappa shape index (κ2) is 7.32. The fourth-order valence-electron chi connectivity index (χ4n) is 1.31. The molecule has 6 heteroatoms. The predicted molar refractivity (Wildman–Crippen MR) is 67.1 cm³/mol. The summed E-state index contributed by atoms with van der Waals surface area (Å²) in [5.74, 6) is 1.25. The van der Waals surface area contributed by atoms with Gasteiger partial charge in [-0.1, -0.05) is 0 Å². The average molecular weight is 263 g/mol. The number of furan rings is 1. The van der Waals surface area contributed by atoms with Gasteiger partial charge in [0.05, 0.1) is 12.6 Å². The van der Waals surface area contributed by atoms with E-state index in [1.165, 1.54) is 0 Å². The molecule has 0 fully saturated rings. The molecular weight excluding hydrogens is 244 g/mol. The molecule has 0 spiro atoms. The van der Waals surface area contributed by atoms with E-state index in [4.69, 9.17) is 14.9 Å². The van der Waals surface area contributed by atoms with Gasteiger partial charge in [-0.25, -0.2) is 0 Å². The van der Waals surface area contributed by atoms with Crippen molar-refractivity contribution in [2.75, 3.05) is 13.7 Å². The Balaban J connectivity index is 0.00000256. The molecule has 17 heavy (non-hydrogen) atoms. The van der Waals surface area contributed by atoms with E-state index in [9.17, 15) is 4.79 Å². The van der Waals surface area contributed by atoms with Crippen LogP contribution in [-0.4, -0.2) is 25.7 Å². The Morgan fingerprint density at radius 1 is 1.59 bits per heavy atom. The molecule has 98 valence electrons. The van der Waals surface area contributed by atoms with E-state index in [-0.39, 0.29) is 24.4 Å². The van der Waals surface area contributed by atoms with Crippen LogP contribution in [0.4, 0.5) is 0 Å². The zero-order chi connectivity index (χ0) is 12.1. The van der Waals surface area contributed by atoms with Crippen LogP contribution in [-0.2, 0) is 9.53 Å². The number of nitrogens with one attached hydrogen (secondary N) is 1. The molecule has 0 aliphatic rings. The number of rotatable bonds is 5. The van der Waals surface area contributed by atoms with Crippen molar-refractivity contribution in [1.82, 2.24) is 5.32 Å². The van der Waals surface area contributed by atoms with Gasteiger partial charge in [0.25, 0.3) is 0 Å². The Bertz CT molecular complexity index is 352. The maximum atomic E-state index is 11.5. The number of aryl methyl sites for hydroxylation is 1. The molecule has 0 saturated heterocycles. The predicted octanol–water partition coefficient (Wildman–Crippen LogP) is 1.16. The van der Waals surface area contributed by atoms with Gasteiger partial charge in [0.15, 0.2) is 0 Å². The number of nitrogens with two attached hydrogens (primary N) is 1. The highest BCUT2D eigenvalue weighted by Gasteiger charge is 2.19. The first kappa shape index (κ1) is 16.0. The van der Waals surface area contributed by atoms with Gasteiger partial charge >= 0.3 is 0 Å². The largest absolute Gasteiger partial charge is 0.464 e. The number of ether oxygens (including phenoxy) is 1. The number of amides is 1. The smallest absolute Gasteiger partial charge is 0.237 e. The number of hydrogen-bond donors (Lipinski definition) is 2. The molecule has 1 aromatic heterocycles. The Hall–Kier alpha value is -1.04. The molecule has 0 radical (unpaired) electrons. The fourth-order valence-corrected chi connectivity index (χ4v) is 1.31. The molecule has 0 bridgehead atoms. The minimum atomic E-state index is -0.546. The molecule has 0 aliphatic carbocycles. The van der Waals surface area contributed by atoms with Crippen LogP contribution in [0.15, 0.2) is 16.5 Å². The van der Waals surface area contributed by atoms with Crippen molar-refractivity contribution in [2.24, 2.45) is 5.73 Å². The molecule has 0 saturated carbocycles. The maximum Gasteiger partial charge on any atom is 0.237 e. The molecule has 1 aromatic rings. The lowest BCUT2D eigenvalue weighted by molar-refractivity contribution is -0.123. The van der Waals surface area contributed by atoms with Crippen LogP contribution in [0.2, 0.25) is 0 Å². The summed E-state index contributed by atoms with van der Waals surface area (Å²) in [4.78, 5) is 11.5. The summed E-state index contributed by atoms with van der Waals surface area (Å²) in [5.41, 5.74) is 5.48. The van der Waals surface area contributed by atoms with Crippen LogP contribution >= 0.6 is 12.4 Å². The van der Waals surface area contributed by atoms with E-state index in [1.54, 1.807) is 14.0 Å². The van der Waals surface area contributed by atoms with Crippen molar-refractivity contribution in [2.45, 2.75) is 25.9 Å². The lowest BCUT2D eigenvalue weighted by Gasteiger charge is -2.17. The third-order valence-electron chi connectivity index (χ3n) is 2.17. The Morgan fingerprint density at radius 3 is 2.65 bits per heavy atom. The lowest BCUT2D eigenvalue weighted by Crippen LogP contribution is -2.41. The zero-order valence-corrected chi connectivity index (χ0v) is 11.0. The number of carbonyl (C=O) groups excluding carboxylic acids is 1. The van der Waals surface area contributed by atoms with E-state index in [2.05, 4.69) is 5.32 Å². The summed E-state index contributed by atoms with van der Waals surface area (Å²) in [7, 11) is 1.57. The minimum Gasteiger partial charge on any atom is -0.464 e. The molecule has 2 unspecified atom stereocenters. The van der Waals surface area contributed by atoms with Gasteiger partial charge in [-0.3, -0.25) is 4.79 Å². The number of carbonyl (C=O) groups is 1. The monoisotopic (exact) mass is 262 g/mol. The van der Waals surface area contributed by atoms with Gasteiger partial charge in [-0.05, 0) is 26.0 Å². The first-order valence-electron chi connectivity index (χ1n) is 5.15. The molecule has 2 atom stereocenters. The van der Waals surface area contributed by atoms with Crippen LogP contribution in [0.1, 0.15) is 24.5 Å². The van der Waals surface area contributed by atoms with Crippen molar-refractivity contribution in [1.29, 1.82) is 0 Å². The first-order valence-corrected chi connectivity index (χ1v) is 5.15. The van der Waals surface area contributed by atoms with Crippen molar-refractivity contribution >= 4 is 18.3 Å². The highest BCUT2D eigenvalue weighted by atomic mass is 35.5. The summed E-state index contributed by atoms with van der Waals surface area (Å²) in [5, 5.41) is 2.76. The second-order valence-electron chi connectivity index (χ2n) is 3.75. The molecule has 0 aromatic carbocycles. The van der Waals surface area contributed by atoms with Gasteiger partial charge in [0.1, 0.15) is 17.6 Å². The summed E-state index contributed by atoms with van der Waals surface area (Å²) >= 11 is 0. The normalized spacial score (nSPS) is 13.6. The summed E-state index contributed by atoms with van der Waals surface area (Å²) in [6, 6.07) is 2.82. The quantitative estimate of drug-likeness (QED) is 0.835. The SMILES string of the molecule is COCC(NC(=O)C(C)N)c1ccc(C)o1.Cl. The molecule has 1 amide bonds. The number of halogens is 1. The Morgan fingerprint density at radius 2 is 2.24 bits per heavy atom. The Kier molecular flexibility index (Phi) is 6.87. The van der Waals surface area contributed by atoms with Crippen LogP contribution in [0, 0.1) is 6.92 Å². The van der Waals surface area contributed by atoms with Crippen LogP contribution in [0.3, 0.4) is 0 Å². The highest BCUT2D eigenvalue weighted by Crippen LogP contribution is 2.16. The van der Waals surface area contributed by atoms with E-state index >= 15 is 0 Å². The molecule has 3 N–H and O–H groups in total. The van der Waals surface area contributed by atoms with Crippen LogP contribution in [0.5, 0.6) is 0 Å². The van der Waals surface area contributed by atoms with Crippen LogP contribution in [0.25, 0.3) is 0 Å². The van der Waals surface area contributed by atoms with Gasteiger partial charge in [-0.2, -0.15) is 0 Å². The number of methoxy groups -OCH3 is 1. The number of hydrogen-bond acceptors (Lipinski definition) is 4. The third kappa shape index (κ3) is 4.77. The summed E-state index contributed by atoms with van der Waals surface area (Å²) in [6.07, 6.45) is 0. The molecule has 5 nitrogen and oxygen atoms in total. The van der Waals surface area contributed by atoms with E-state index in [0.29, 0.717) is 12.4 Å². The van der Waals surface area contributed by atoms with Crippen molar-refractivity contribution in [3.05, 3.63) is 23.7 Å². The summed E-state index contributed by atoms with van der Waals surface area (Å²) < 4.78 is 10.5. The maximum absolute atomic E-state index is 11.5. The van der Waals surface area contributed by atoms with E-state index < -0.39 is 6.04 Å². The lowest BCUT2D eigenvalue weighted by atomic mass is 10.2. The summed E-state index contributed by atoms with van der Waals surface area (Å²) in [6.45, 7) is 3.83. The minimum absolute atomic E-state index is 0. The molecule has 0 aliphatic heterocycles. The Labute approximate surface area is 107 Å². The van der Waals surface area contributed by atoms with Gasteiger partial charge < -0.3 is 20.2 Å². The van der Waals surface area contributed by atoms with Gasteiger partial charge in [-0.15, -0.1) is 12.4 Å². The van der Waals surface area contributed by atoms with Crippen molar-refractivity contribution < 1.29 is 13.9 Å². The standard InChI is InChI=1S/C11H18N2O3.ClH/c1-7-4-5-10(16-7)9(6-15-3)13-11(14)8(2)12;/h4-5,8-9H,6,12H2,1-3H3,(H,13,14);1H. The average Bonchev–Trinajstić information content (AvgIpc) is 2.64. The second-order valence-corrected chi connectivity index (χ2v) is 3.75. The van der Waals surface area contributed by atoms with Crippen molar-refractivity contribution in [3.8, 4) is 0 Å². The molecular formula is C11H19ClN2O3. The van der Waals surface area contributed by atoms with E-state index in [1.807, 2.05) is 19.1 Å². The van der Waals surface area contributed by atoms with E-state index in [0.717, 1.165) is 5.76 Å². The molecule has 1 rings (SSSR count). The van der Waals surface area contributed by atoms with Crippen molar-refractivity contribution in [3.63, 3.8) is 0 Å². The van der Waals surface area contributed by atoms with Gasteiger partial charge in [0.2, 0.25) is 5.91 Å². The topological polar surface area (TPSA) is 77.5 Å². The fraction of sp³-hybridized carbons (Fsp3) is 0.545. The first-order chi connectivity index (χ1) is 7.54. The third-order valence-corrected chi connectivity index (χ3v) is 2.17. The zero-order valence-electron chi connectivity index (χ0n) is 10.2. The van der Waals surface area contributed by atoms with Crippen LogP contribution < -0.4 is 11.1 Å². The van der Waals surface area contributed by atoms with Gasteiger partial charge in [0, 0.05) is 7.11 Å². The highest BCUT2D eigenvalue weighted by molar-refractivity contribution is 5.85.